The lowest BCUT2D eigenvalue weighted by Gasteiger charge is -1.90. The molecule has 0 aromatic heterocycles. The Kier molecular flexibility index (Phi) is 6.63. The molecule has 0 unspecified atom stereocenters. The van der Waals surface area contributed by atoms with Crippen molar-refractivity contribution in [1.29, 1.82) is 5.26 Å². The van der Waals surface area contributed by atoms with Crippen LogP contribution in [-0.2, 0) is 0 Å². The van der Waals surface area contributed by atoms with Crippen LogP contribution in [0.1, 0.15) is 32.6 Å². The molecule has 0 aliphatic rings. The molecule has 10 heavy (non-hydrogen) atoms. The summed E-state index contributed by atoms with van der Waals surface area (Å²) in [6, 6.07) is 2.08. The second-order valence-electron chi connectivity index (χ2n) is 2.13. The molecule has 0 bridgehead atoms. The van der Waals surface area contributed by atoms with Gasteiger partial charge in [-0.3, -0.25) is 0 Å². The summed E-state index contributed by atoms with van der Waals surface area (Å²) in [6.45, 7) is 2.16. The SMILES string of the molecule is CCCC/C=C(\Br)CC#N. The highest BCUT2D eigenvalue weighted by molar-refractivity contribution is 9.11. The summed E-state index contributed by atoms with van der Waals surface area (Å²) in [5.74, 6) is 0. The molecule has 0 N–H and O–H groups in total. The lowest BCUT2D eigenvalue weighted by molar-refractivity contribution is 0.813. The summed E-state index contributed by atoms with van der Waals surface area (Å²) < 4.78 is 1.02. The van der Waals surface area contributed by atoms with Crippen LogP contribution in [0, 0.1) is 11.3 Å². The quantitative estimate of drug-likeness (QED) is 0.641. The van der Waals surface area contributed by atoms with E-state index < -0.39 is 0 Å². The fraction of sp³-hybridized carbons (Fsp3) is 0.625. The molecule has 0 radical (unpaired) electrons. The topological polar surface area (TPSA) is 23.8 Å². The number of nitrogens with zero attached hydrogens (tertiary/aromatic N) is 1. The van der Waals surface area contributed by atoms with Crippen molar-refractivity contribution >= 4 is 15.9 Å². The largest absolute Gasteiger partial charge is 0.198 e. The second kappa shape index (κ2) is 6.82. The minimum absolute atomic E-state index is 0.504. The zero-order valence-corrected chi connectivity index (χ0v) is 7.82. The maximum Gasteiger partial charge on any atom is 0.0675 e. The minimum Gasteiger partial charge on any atom is -0.198 e. The molecule has 0 amide bonds. The van der Waals surface area contributed by atoms with Crippen molar-refractivity contribution in [2.75, 3.05) is 0 Å². The van der Waals surface area contributed by atoms with Gasteiger partial charge in [0.15, 0.2) is 0 Å². The lowest BCUT2D eigenvalue weighted by atomic mass is 10.2. The van der Waals surface area contributed by atoms with Gasteiger partial charge >= 0.3 is 0 Å². The van der Waals surface area contributed by atoms with Gasteiger partial charge in [0.05, 0.1) is 12.5 Å². The van der Waals surface area contributed by atoms with E-state index in [1.54, 1.807) is 0 Å². The lowest BCUT2D eigenvalue weighted by Crippen LogP contribution is -1.71. The van der Waals surface area contributed by atoms with Crippen LogP contribution in [0.4, 0.5) is 0 Å². The van der Waals surface area contributed by atoms with Crippen LogP contribution in [0.2, 0.25) is 0 Å². The van der Waals surface area contributed by atoms with Crippen molar-refractivity contribution in [2.45, 2.75) is 32.6 Å². The van der Waals surface area contributed by atoms with Gasteiger partial charge in [0.25, 0.3) is 0 Å². The average molecular weight is 202 g/mol. The Morgan fingerprint density at radius 3 is 2.90 bits per heavy atom. The highest BCUT2D eigenvalue weighted by Gasteiger charge is 1.87. The fourth-order valence-corrected chi connectivity index (χ4v) is 0.965. The first-order valence-corrected chi connectivity index (χ1v) is 4.32. The van der Waals surface area contributed by atoms with Crippen LogP contribution in [-0.4, -0.2) is 0 Å². The van der Waals surface area contributed by atoms with E-state index in [0.29, 0.717) is 6.42 Å². The van der Waals surface area contributed by atoms with Crippen molar-refractivity contribution in [1.82, 2.24) is 0 Å². The Morgan fingerprint density at radius 1 is 1.70 bits per heavy atom. The van der Waals surface area contributed by atoms with Crippen LogP contribution in [0.3, 0.4) is 0 Å². The Balaban J connectivity index is 3.40. The van der Waals surface area contributed by atoms with Crippen LogP contribution in [0.25, 0.3) is 0 Å². The molecule has 56 valence electrons. The normalized spacial score (nSPS) is 11.1. The Bertz CT molecular complexity index is 144. The molecule has 0 aromatic rings. The molecule has 0 heterocycles. The number of hydrogen-bond acceptors (Lipinski definition) is 1. The molecule has 0 rings (SSSR count). The molecule has 0 saturated carbocycles. The molecule has 2 heteroatoms. The summed E-state index contributed by atoms with van der Waals surface area (Å²) in [4.78, 5) is 0. The van der Waals surface area contributed by atoms with E-state index in [0.717, 1.165) is 10.9 Å². The maximum absolute atomic E-state index is 8.27. The summed E-state index contributed by atoms with van der Waals surface area (Å²) in [7, 11) is 0. The summed E-state index contributed by atoms with van der Waals surface area (Å²) in [6.07, 6.45) is 6.08. The molecule has 0 atom stereocenters. The fourth-order valence-electron chi connectivity index (χ4n) is 0.610. The molecule has 0 spiro atoms. The zero-order chi connectivity index (χ0) is 7.82. The van der Waals surface area contributed by atoms with Gasteiger partial charge < -0.3 is 0 Å². The van der Waals surface area contributed by atoms with Crippen molar-refractivity contribution in [2.24, 2.45) is 0 Å². The Morgan fingerprint density at radius 2 is 2.40 bits per heavy atom. The van der Waals surface area contributed by atoms with Gasteiger partial charge in [-0.2, -0.15) is 5.26 Å². The van der Waals surface area contributed by atoms with Crippen LogP contribution < -0.4 is 0 Å². The Hall–Kier alpha value is -0.290. The van der Waals surface area contributed by atoms with E-state index in [2.05, 4.69) is 35.0 Å². The predicted molar refractivity (Wildman–Crippen MR) is 46.8 cm³/mol. The van der Waals surface area contributed by atoms with E-state index in [9.17, 15) is 0 Å². The van der Waals surface area contributed by atoms with Gasteiger partial charge in [-0.15, -0.1) is 0 Å². The predicted octanol–water partition coefficient (Wildman–Crippen LogP) is 3.37. The maximum atomic E-state index is 8.27. The van der Waals surface area contributed by atoms with Gasteiger partial charge in [-0.1, -0.05) is 41.8 Å². The van der Waals surface area contributed by atoms with Gasteiger partial charge in [0.1, 0.15) is 0 Å². The third kappa shape index (κ3) is 5.84. The highest BCUT2D eigenvalue weighted by Crippen LogP contribution is 2.11. The van der Waals surface area contributed by atoms with Crippen LogP contribution >= 0.6 is 15.9 Å². The first kappa shape index (κ1) is 9.71. The molecule has 0 aliphatic heterocycles. The summed E-state index contributed by atoms with van der Waals surface area (Å²) >= 11 is 3.31. The molecule has 0 aromatic carbocycles. The molecule has 0 aliphatic carbocycles. The third-order valence-corrected chi connectivity index (χ3v) is 1.78. The van der Waals surface area contributed by atoms with Crippen molar-refractivity contribution in [3.05, 3.63) is 10.6 Å². The minimum atomic E-state index is 0.504. The van der Waals surface area contributed by atoms with E-state index in [1.165, 1.54) is 12.8 Å². The van der Waals surface area contributed by atoms with Crippen molar-refractivity contribution in [3.63, 3.8) is 0 Å². The molecular weight excluding hydrogens is 190 g/mol. The van der Waals surface area contributed by atoms with Crippen LogP contribution in [0.15, 0.2) is 10.6 Å². The second-order valence-corrected chi connectivity index (χ2v) is 3.15. The van der Waals surface area contributed by atoms with Gasteiger partial charge in [0, 0.05) is 4.48 Å². The van der Waals surface area contributed by atoms with Crippen molar-refractivity contribution in [3.8, 4) is 6.07 Å². The van der Waals surface area contributed by atoms with Gasteiger partial charge in [-0.05, 0) is 6.42 Å². The summed E-state index contributed by atoms with van der Waals surface area (Å²) in [5, 5.41) is 8.27. The number of nitriles is 1. The first-order chi connectivity index (χ1) is 4.81. The van der Waals surface area contributed by atoms with Crippen LogP contribution in [0.5, 0.6) is 0 Å². The average Bonchev–Trinajstić information content (AvgIpc) is 1.89. The summed E-state index contributed by atoms with van der Waals surface area (Å²) in [5.41, 5.74) is 0. The third-order valence-electron chi connectivity index (χ3n) is 1.17. The van der Waals surface area contributed by atoms with E-state index >= 15 is 0 Å². The smallest absolute Gasteiger partial charge is 0.0675 e. The van der Waals surface area contributed by atoms with Crippen molar-refractivity contribution < 1.29 is 0 Å². The monoisotopic (exact) mass is 201 g/mol. The van der Waals surface area contributed by atoms with Gasteiger partial charge in [0.2, 0.25) is 0 Å². The van der Waals surface area contributed by atoms with E-state index in [4.69, 9.17) is 5.26 Å². The standard InChI is InChI=1S/C8H12BrN/c1-2-3-4-5-8(9)6-7-10/h5H,2-4,6H2,1H3/b8-5-. The first-order valence-electron chi connectivity index (χ1n) is 3.52. The van der Waals surface area contributed by atoms with E-state index in [-0.39, 0.29) is 0 Å². The molecule has 1 nitrogen and oxygen atoms in total. The number of hydrogen-bond donors (Lipinski definition) is 0. The number of rotatable bonds is 4. The molecule has 0 fully saturated rings. The zero-order valence-electron chi connectivity index (χ0n) is 6.23. The number of allylic oxidation sites excluding steroid dienone is 2. The Labute approximate surface area is 70.9 Å². The van der Waals surface area contributed by atoms with Gasteiger partial charge in [-0.25, -0.2) is 0 Å². The number of unbranched alkanes of at least 4 members (excludes halogenated alkanes) is 2. The molecule has 0 saturated heterocycles. The highest BCUT2D eigenvalue weighted by atomic mass is 79.9. The molecular formula is C8H12BrN. The number of halogens is 1. The van der Waals surface area contributed by atoms with E-state index in [1.807, 2.05) is 0 Å².